The first kappa shape index (κ1) is 13.2. The summed E-state index contributed by atoms with van der Waals surface area (Å²) < 4.78 is 42.4. The van der Waals surface area contributed by atoms with Crippen LogP contribution < -0.4 is 0 Å². The summed E-state index contributed by atoms with van der Waals surface area (Å²) in [6.07, 6.45) is -2.40. The Morgan fingerprint density at radius 1 is 1.62 bits per heavy atom. The minimum Gasteiger partial charge on any atom is -0.461 e. The minimum absolute atomic E-state index is 0.0952. The number of hydrogen-bond acceptors (Lipinski definition) is 3. The number of ether oxygens (including phenoxy) is 1. The average Bonchev–Trinajstić information content (AvgIpc) is 2.17. The van der Waals surface area contributed by atoms with Gasteiger partial charge in [0.05, 0.1) is 21.9 Å². The second kappa shape index (κ2) is 5.46. The van der Waals surface area contributed by atoms with Gasteiger partial charge in [0.2, 0.25) is 0 Å². The molecule has 1 aromatic heterocycles. The Morgan fingerprint density at radius 2 is 2.25 bits per heavy atom. The third kappa shape index (κ3) is 2.63. The van der Waals surface area contributed by atoms with Crippen LogP contribution in [-0.4, -0.2) is 17.6 Å². The summed E-state index contributed by atoms with van der Waals surface area (Å²) in [5, 5.41) is 0. The number of rotatable bonds is 3. The van der Waals surface area contributed by atoms with Crippen LogP contribution in [0.5, 0.6) is 0 Å². The normalized spacial score (nSPS) is 10.6. The Bertz CT molecular complexity index is 412. The molecule has 0 aliphatic carbocycles. The van der Waals surface area contributed by atoms with Crippen molar-refractivity contribution in [2.75, 3.05) is 6.61 Å². The molecule has 0 aliphatic rings. The molecule has 1 rings (SSSR count). The second-order valence-electron chi connectivity index (χ2n) is 2.70. The van der Waals surface area contributed by atoms with Crippen LogP contribution in [-0.2, 0) is 4.74 Å². The van der Waals surface area contributed by atoms with Crippen LogP contribution in [0.1, 0.15) is 29.4 Å². The fraction of sp³-hybridized carbons (Fsp3) is 0.333. The Balaban J connectivity index is 3.23. The molecule has 0 N–H and O–H groups in total. The lowest BCUT2D eigenvalue weighted by Crippen LogP contribution is -2.12. The SMILES string of the molecule is CCOC(=O)c1ncc(F)c(C(F)F)c1I. The van der Waals surface area contributed by atoms with Gasteiger partial charge in [-0.25, -0.2) is 22.9 Å². The zero-order valence-corrected chi connectivity index (χ0v) is 10.3. The molecule has 0 atom stereocenters. The van der Waals surface area contributed by atoms with Crippen LogP contribution >= 0.6 is 22.6 Å². The zero-order valence-electron chi connectivity index (χ0n) is 8.14. The van der Waals surface area contributed by atoms with Gasteiger partial charge in [0.1, 0.15) is 0 Å². The Morgan fingerprint density at radius 3 is 2.75 bits per heavy atom. The molecule has 0 unspecified atom stereocenters. The molecule has 0 radical (unpaired) electrons. The highest BCUT2D eigenvalue weighted by atomic mass is 127. The van der Waals surface area contributed by atoms with Crippen molar-refractivity contribution in [3.8, 4) is 0 Å². The lowest BCUT2D eigenvalue weighted by molar-refractivity contribution is 0.0517. The maximum absolute atomic E-state index is 13.0. The molecule has 7 heteroatoms. The Labute approximate surface area is 103 Å². The molecule has 0 saturated carbocycles. The van der Waals surface area contributed by atoms with E-state index in [-0.39, 0.29) is 15.9 Å². The maximum atomic E-state index is 13.0. The largest absolute Gasteiger partial charge is 0.461 e. The number of aromatic nitrogens is 1. The number of pyridine rings is 1. The van der Waals surface area contributed by atoms with Crippen molar-refractivity contribution in [2.24, 2.45) is 0 Å². The molecule has 0 aliphatic heterocycles. The number of esters is 1. The van der Waals surface area contributed by atoms with Crippen LogP contribution in [0, 0.1) is 9.39 Å². The highest BCUT2D eigenvalue weighted by Crippen LogP contribution is 2.28. The summed E-state index contributed by atoms with van der Waals surface area (Å²) in [6, 6.07) is 0. The lowest BCUT2D eigenvalue weighted by Gasteiger charge is -2.08. The fourth-order valence-electron chi connectivity index (χ4n) is 1.02. The number of carbonyl (C=O) groups excluding carboxylic acids is 1. The zero-order chi connectivity index (χ0) is 12.3. The van der Waals surface area contributed by atoms with Gasteiger partial charge < -0.3 is 4.74 Å². The van der Waals surface area contributed by atoms with E-state index in [1.54, 1.807) is 6.92 Å². The third-order valence-corrected chi connectivity index (χ3v) is 2.79. The number of hydrogen-bond donors (Lipinski definition) is 0. The molecule has 0 bridgehead atoms. The summed E-state index contributed by atoms with van der Waals surface area (Å²) >= 11 is 1.45. The van der Waals surface area contributed by atoms with E-state index in [1.165, 1.54) is 22.6 Å². The van der Waals surface area contributed by atoms with Gasteiger partial charge in [0, 0.05) is 0 Å². The van der Waals surface area contributed by atoms with E-state index >= 15 is 0 Å². The molecule has 1 aromatic rings. The summed E-state index contributed by atoms with van der Waals surface area (Å²) in [5.41, 5.74) is -1.11. The van der Waals surface area contributed by atoms with E-state index in [0.717, 1.165) is 0 Å². The number of alkyl halides is 2. The van der Waals surface area contributed by atoms with Gasteiger partial charge in [0.15, 0.2) is 11.5 Å². The number of nitrogens with zero attached hydrogens (tertiary/aromatic N) is 1. The van der Waals surface area contributed by atoms with Gasteiger partial charge >= 0.3 is 5.97 Å². The van der Waals surface area contributed by atoms with Gasteiger partial charge in [-0.05, 0) is 29.5 Å². The van der Waals surface area contributed by atoms with Crippen molar-refractivity contribution in [2.45, 2.75) is 13.3 Å². The van der Waals surface area contributed by atoms with Crippen LogP contribution in [0.3, 0.4) is 0 Å². The average molecular weight is 345 g/mol. The standard InChI is InChI=1S/C9H7F3INO2/c1-2-16-9(15)7-6(13)5(8(11)12)4(10)3-14-7/h3,8H,2H2,1H3. The highest BCUT2D eigenvalue weighted by molar-refractivity contribution is 14.1. The van der Waals surface area contributed by atoms with Crippen molar-refractivity contribution >= 4 is 28.6 Å². The lowest BCUT2D eigenvalue weighted by atomic mass is 10.2. The van der Waals surface area contributed by atoms with Crippen molar-refractivity contribution in [3.63, 3.8) is 0 Å². The van der Waals surface area contributed by atoms with Crippen LogP contribution in [0.15, 0.2) is 6.20 Å². The first-order chi connectivity index (χ1) is 7.49. The molecular formula is C9H7F3INO2. The monoisotopic (exact) mass is 345 g/mol. The molecular weight excluding hydrogens is 338 g/mol. The summed E-state index contributed by atoms with van der Waals surface area (Å²) in [6.45, 7) is 1.67. The topological polar surface area (TPSA) is 39.2 Å². The molecule has 1 heterocycles. The minimum atomic E-state index is -3.00. The third-order valence-electron chi connectivity index (χ3n) is 1.70. The van der Waals surface area contributed by atoms with Crippen molar-refractivity contribution in [3.05, 3.63) is 26.8 Å². The molecule has 0 spiro atoms. The molecule has 0 saturated heterocycles. The second-order valence-corrected chi connectivity index (χ2v) is 3.78. The van der Waals surface area contributed by atoms with Gasteiger partial charge in [-0.1, -0.05) is 0 Å². The maximum Gasteiger partial charge on any atom is 0.358 e. The first-order valence-electron chi connectivity index (χ1n) is 4.28. The quantitative estimate of drug-likeness (QED) is 0.625. The van der Waals surface area contributed by atoms with E-state index in [9.17, 15) is 18.0 Å². The van der Waals surface area contributed by atoms with Gasteiger partial charge in [-0.15, -0.1) is 0 Å². The van der Waals surface area contributed by atoms with Crippen molar-refractivity contribution in [1.29, 1.82) is 0 Å². The molecule has 3 nitrogen and oxygen atoms in total. The van der Waals surface area contributed by atoms with Crippen molar-refractivity contribution < 1.29 is 22.7 Å². The van der Waals surface area contributed by atoms with Gasteiger partial charge in [-0.2, -0.15) is 0 Å². The van der Waals surface area contributed by atoms with E-state index < -0.39 is 23.8 Å². The highest BCUT2D eigenvalue weighted by Gasteiger charge is 2.24. The van der Waals surface area contributed by atoms with E-state index in [1.807, 2.05) is 0 Å². The first-order valence-corrected chi connectivity index (χ1v) is 5.36. The summed E-state index contributed by atoms with van der Waals surface area (Å²) in [4.78, 5) is 14.7. The molecule has 88 valence electrons. The van der Waals surface area contributed by atoms with E-state index in [2.05, 4.69) is 9.72 Å². The van der Waals surface area contributed by atoms with Crippen LogP contribution in [0.25, 0.3) is 0 Å². The number of carbonyl (C=O) groups is 1. The fourth-order valence-corrected chi connectivity index (χ4v) is 1.87. The van der Waals surface area contributed by atoms with E-state index in [0.29, 0.717) is 6.20 Å². The summed E-state index contributed by atoms with van der Waals surface area (Å²) in [7, 11) is 0. The van der Waals surface area contributed by atoms with Gasteiger partial charge in [0.25, 0.3) is 6.43 Å². The molecule has 16 heavy (non-hydrogen) atoms. The summed E-state index contributed by atoms with van der Waals surface area (Å²) in [5.74, 6) is -1.97. The van der Waals surface area contributed by atoms with Crippen molar-refractivity contribution in [1.82, 2.24) is 4.98 Å². The Hall–Kier alpha value is -0.860. The predicted molar refractivity (Wildman–Crippen MR) is 57.8 cm³/mol. The van der Waals surface area contributed by atoms with Gasteiger partial charge in [-0.3, -0.25) is 0 Å². The van der Waals surface area contributed by atoms with Crippen LogP contribution in [0.2, 0.25) is 0 Å². The predicted octanol–water partition coefficient (Wildman–Crippen LogP) is 2.94. The van der Waals surface area contributed by atoms with Crippen LogP contribution in [0.4, 0.5) is 13.2 Å². The molecule has 0 fully saturated rings. The smallest absolute Gasteiger partial charge is 0.358 e. The van der Waals surface area contributed by atoms with E-state index in [4.69, 9.17) is 0 Å². The molecule has 0 aromatic carbocycles. The number of halogens is 4. The Kier molecular flexibility index (Phi) is 4.51. The molecule has 0 amide bonds.